The fraction of sp³-hybridized carbons (Fsp3) is 0.435. The van der Waals surface area contributed by atoms with Gasteiger partial charge in [0.2, 0.25) is 0 Å². The zero-order chi connectivity index (χ0) is 22.7. The number of aromatic amines is 1. The van der Waals surface area contributed by atoms with E-state index in [1.807, 2.05) is 19.9 Å². The predicted octanol–water partition coefficient (Wildman–Crippen LogP) is 2.95. The molecule has 0 aliphatic carbocycles. The Morgan fingerprint density at radius 3 is 2.81 bits per heavy atom. The van der Waals surface area contributed by atoms with E-state index in [1.165, 1.54) is 28.8 Å². The number of ether oxygens (including phenoxy) is 2. The summed E-state index contributed by atoms with van der Waals surface area (Å²) in [5, 5.41) is 6.05. The van der Waals surface area contributed by atoms with Crippen LogP contribution >= 0.6 is 0 Å². The third kappa shape index (κ3) is 4.99. The van der Waals surface area contributed by atoms with E-state index in [-0.39, 0.29) is 29.7 Å². The second-order valence-corrected chi connectivity index (χ2v) is 8.35. The van der Waals surface area contributed by atoms with E-state index >= 15 is 0 Å². The molecule has 9 heteroatoms. The molecule has 1 saturated heterocycles. The van der Waals surface area contributed by atoms with Crippen LogP contribution in [0.2, 0.25) is 0 Å². The van der Waals surface area contributed by atoms with Crippen molar-refractivity contribution in [1.82, 2.24) is 19.9 Å². The van der Waals surface area contributed by atoms with Crippen molar-refractivity contribution in [2.75, 3.05) is 19.8 Å². The SMILES string of the molecule is CC(C)[C@H](NC(=O)COc1cccc(F)c1)c1cc(=O)n2[nH]c(C3CCOCC3)cc2n1. The van der Waals surface area contributed by atoms with Crippen LogP contribution in [0.5, 0.6) is 5.75 Å². The summed E-state index contributed by atoms with van der Waals surface area (Å²) in [5.41, 5.74) is 1.73. The van der Waals surface area contributed by atoms with Crippen molar-refractivity contribution in [2.45, 2.75) is 38.6 Å². The van der Waals surface area contributed by atoms with Gasteiger partial charge in [0.05, 0.1) is 11.7 Å². The highest BCUT2D eigenvalue weighted by Crippen LogP contribution is 2.26. The van der Waals surface area contributed by atoms with Gasteiger partial charge in [0.25, 0.3) is 11.5 Å². The van der Waals surface area contributed by atoms with Crippen LogP contribution in [0.25, 0.3) is 5.65 Å². The Bertz CT molecular complexity index is 1150. The Morgan fingerprint density at radius 2 is 2.09 bits per heavy atom. The molecule has 0 unspecified atom stereocenters. The van der Waals surface area contributed by atoms with Crippen molar-refractivity contribution >= 4 is 11.6 Å². The highest BCUT2D eigenvalue weighted by molar-refractivity contribution is 5.78. The standard InChI is InChI=1S/C23H27FN4O4/c1-14(2)23(26-21(29)13-32-17-5-3-4-16(24)10-17)19-12-22(30)28-20(25-19)11-18(27-28)15-6-8-31-9-7-15/h3-5,10-12,14-15,23,27H,6-9,13H2,1-2H3,(H,26,29)/t23-/m0/s1. The molecule has 1 aliphatic rings. The lowest BCUT2D eigenvalue weighted by Gasteiger charge is -2.22. The van der Waals surface area contributed by atoms with Gasteiger partial charge in [-0.3, -0.25) is 14.7 Å². The number of nitrogens with one attached hydrogen (secondary N) is 2. The van der Waals surface area contributed by atoms with Gasteiger partial charge < -0.3 is 14.8 Å². The molecule has 1 fully saturated rings. The first-order valence-electron chi connectivity index (χ1n) is 10.8. The number of carbonyl (C=O) groups is 1. The number of hydrogen-bond donors (Lipinski definition) is 2. The van der Waals surface area contributed by atoms with Gasteiger partial charge in [-0.2, -0.15) is 0 Å². The third-order valence-corrected chi connectivity index (χ3v) is 5.62. The summed E-state index contributed by atoms with van der Waals surface area (Å²) in [6, 6.07) is 8.47. The summed E-state index contributed by atoms with van der Waals surface area (Å²) >= 11 is 0. The van der Waals surface area contributed by atoms with Crippen LogP contribution in [0, 0.1) is 11.7 Å². The van der Waals surface area contributed by atoms with Gasteiger partial charge in [-0.25, -0.2) is 13.9 Å². The maximum Gasteiger partial charge on any atom is 0.272 e. The molecule has 0 saturated carbocycles. The topological polar surface area (TPSA) is 97.7 Å². The van der Waals surface area contributed by atoms with Crippen LogP contribution in [0.15, 0.2) is 41.2 Å². The fourth-order valence-electron chi connectivity index (χ4n) is 3.91. The number of benzene rings is 1. The number of halogens is 1. The minimum absolute atomic E-state index is 0.0172. The largest absolute Gasteiger partial charge is 0.484 e. The molecule has 1 aromatic carbocycles. The van der Waals surface area contributed by atoms with Crippen LogP contribution < -0.4 is 15.6 Å². The van der Waals surface area contributed by atoms with E-state index in [0.717, 1.165) is 18.5 Å². The Labute approximate surface area is 184 Å². The van der Waals surface area contributed by atoms with E-state index in [0.29, 0.717) is 30.5 Å². The van der Waals surface area contributed by atoms with Crippen molar-refractivity contribution in [2.24, 2.45) is 5.92 Å². The molecule has 1 amide bonds. The van der Waals surface area contributed by atoms with Gasteiger partial charge in [0, 0.05) is 43.0 Å². The summed E-state index contributed by atoms with van der Waals surface area (Å²) < 4.78 is 25.5. The molecule has 0 radical (unpaired) electrons. The lowest BCUT2D eigenvalue weighted by Crippen LogP contribution is -2.36. The first kappa shape index (κ1) is 22.0. The Hall–Kier alpha value is -3.20. The molecule has 0 spiro atoms. The third-order valence-electron chi connectivity index (χ3n) is 5.62. The average molecular weight is 442 g/mol. The Morgan fingerprint density at radius 1 is 1.31 bits per heavy atom. The van der Waals surface area contributed by atoms with Gasteiger partial charge in [0.1, 0.15) is 11.6 Å². The molecular formula is C23H27FN4O4. The number of nitrogens with zero attached hydrogens (tertiary/aromatic N) is 2. The smallest absolute Gasteiger partial charge is 0.272 e. The molecule has 3 aromatic rings. The number of carbonyl (C=O) groups excluding carboxylic acids is 1. The summed E-state index contributed by atoms with van der Waals surface area (Å²) in [5.74, 6) is -0.267. The Balaban J connectivity index is 1.51. The second-order valence-electron chi connectivity index (χ2n) is 8.35. The number of amides is 1. The van der Waals surface area contributed by atoms with Gasteiger partial charge in [0.15, 0.2) is 12.3 Å². The molecule has 4 rings (SSSR count). The number of rotatable bonds is 7. The number of fused-ring (bicyclic) bond motifs is 1. The molecule has 32 heavy (non-hydrogen) atoms. The van der Waals surface area contributed by atoms with Crippen molar-refractivity contribution in [3.8, 4) is 5.75 Å². The van der Waals surface area contributed by atoms with E-state index in [9.17, 15) is 14.0 Å². The van der Waals surface area contributed by atoms with Crippen LogP contribution in [0.1, 0.15) is 50.0 Å². The second kappa shape index (κ2) is 9.52. The van der Waals surface area contributed by atoms with Crippen LogP contribution in [0.4, 0.5) is 4.39 Å². The lowest BCUT2D eigenvalue weighted by atomic mass is 9.97. The highest BCUT2D eigenvalue weighted by atomic mass is 19.1. The van der Waals surface area contributed by atoms with Gasteiger partial charge >= 0.3 is 0 Å². The zero-order valence-electron chi connectivity index (χ0n) is 18.1. The molecule has 1 atom stereocenters. The van der Waals surface area contributed by atoms with E-state index in [1.54, 1.807) is 6.07 Å². The predicted molar refractivity (Wildman–Crippen MR) is 116 cm³/mol. The normalized spacial score (nSPS) is 15.8. The van der Waals surface area contributed by atoms with Crippen LogP contribution in [-0.4, -0.2) is 40.3 Å². The molecule has 170 valence electrons. The zero-order valence-corrected chi connectivity index (χ0v) is 18.1. The number of aromatic nitrogens is 3. The van der Waals surface area contributed by atoms with Crippen LogP contribution in [-0.2, 0) is 9.53 Å². The molecule has 1 aliphatic heterocycles. The van der Waals surface area contributed by atoms with E-state index < -0.39 is 11.9 Å². The minimum Gasteiger partial charge on any atom is -0.484 e. The van der Waals surface area contributed by atoms with E-state index in [4.69, 9.17) is 9.47 Å². The van der Waals surface area contributed by atoms with Crippen molar-refractivity contribution in [3.05, 3.63) is 64.0 Å². The number of hydrogen-bond acceptors (Lipinski definition) is 5. The number of H-pyrrole nitrogens is 1. The highest BCUT2D eigenvalue weighted by Gasteiger charge is 2.23. The van der Waals surface area contributed by atoms with Crippen molar-refractivity contribution in [3.63, 3.8) is 0 Å². The summed E-state index contributed by atoms with van der Waals surface area (Å²) in [6.07, 6.45) is 1.79. The summed E-state index contributed by atoms with van der Waals surface area (Å²) in [7, 11) is 0. The quantitative estimate of drug-likeness (QED) is 0.586. The summed E-state index contributed by atoms with van der Waals surface area (Å²) in [4.78, 5) is 29.9. The first-order chi connectivity index (χ1) is 15.4. The molecule has 3 heterocycles. The molecule has 0 bridgehead atoms. The van der Waals surface area contributed by atoms with Crippen molar-refractivity contribution < 1.29 is 18.7 Å². The van der Waals surface area contributed by atoms with Gasteiger partial charge in [-0.15, -0.1) is 0 Å². The summed E-state index contributed by atoms with van der Waals surface area (Å²) in [6.45, 7) is 5.00. The van der Waals surface area contributed by atoms with Gasteiger partial charge in [-0.1, -0.05) is 19.9 Å². The first-order valence-corrected chi connectivity index (χ1v) is 10.8. The van der Waals surface area contributed by atoms with E-state index in [2.05, 4.69) is 15.4 Å². The molecule has 2 N–H and O–H groups in total. The van der Waals surface area contributed by atoms with Crippen molar-refractivity contribution in [1.29, 1.82) is 0 Å². The fourth-order valence-corrected chi connectivity index (χ4v) is 3.91. The molecule has 2 aromatic heterocycles. The average Bonchev–Trinajstić information content (AvgIpc) is 3.21. The maximum absolute atomic E-state index is 13.3. The minimum atomic E-state index is -0.474. The monoisotopic (exact) mass is 442 g/mol. The van der Waals surface area contributed by atoms with Gasteiger partial charge in [-0.05, 0) is 30.9 Å². The lowest BCUT2D eigenvalue weighted by molar-refractivity contribution is -0.124. The molecular weight excluding hydrogens is 415 g/mol. The van der Waals surface area contributed by atoms with Crippen LogP contribution in [0.3, 0.4) is 0 Å². The molecule has 8 nitrogen and oxygen atoms in total. The maximum atomic E-state index is 13.3. The Kier molecular flexibility index (Phi) is 6.55.